The van der Waals surface area contributed by atoms with E-state index in [4.69, 9.17) is 10.5 Å². The van der Waals surface area contributed by atoms with Crippen molar-refractivity contribution < 1.29 is 17.9 Å². The second-order valence-corrected chi connectivity index (χ2v) is 5.36. The van der Waals surface area contributed by atoms with E-state index in [1.165, 1.54) is 0 Å². The summed E-state index contributed by atoms with van der Waals surface area (Å²) < 4.78 is 43.8. The summed E-state index contributed by atoms with van der Waals surface area (Å²) in [5.74, 6) is 0.0506. The normalized spacial score (nSPS) is 22.9. The summed E-state index contributed by atoms with van der Waals surface area (Å²) in [5.41, 5.74) is 4.13. The number of aromatic nitrogens is 2. The highest BCUT2D eigenvalue weighted by molar-refractivity contribution is 5.33. The summed E-state index contributed by atoms with van der Waals surface area (Å²) in [6, 6.07) is 0.857. The molecule has 0 aromatic carbocycles. The van der Waals surface area contributed by atoms with Crippen molar-refractivity contribution in [2.45, 2.75) is 31.7 Å². The molecule has 0 bridgehead atoms. The number of morpholine rings is 1. The van der Waals surface area contributed by atoms with Crippen LogP contribution in [0, 0.1) is 0 Å². The van der Waals surface area contributed by atoms with E-state index in [0.717, 1.165) is 12.3 Å². The molecule has 0 spiro atoms. The monoisotopic (exact) mass is 290 g/mol. The van der Waals surface area contributed by atoms with Crippen molar-refractivity contribution in [3.05, 3.63) is 18.0 Å². The van der Waals surface area contributed by atoms with E-state index in [0.29, 0.717) is 19.6 Å². The molecule has 8 heteroatoms. The number of rotatable bonds is 2. The molecule has 1 fully saturated rings. The van der Waals surface area contributed by atoms with Crippen molar-refractivity contribution in [2.75, 3.05) is 24.5 Å². The lowest BCUT2D eigenvalue weighted by molar-refractivity contribution is -0.141. The fourth-order valence-corrected chi connectivity index (χ4v) is 2.23. The first-order chi connectivity index (χ1) is 9.21. The zero-order valence-corrected chi connectivity index (χ0v) is 11.3. The summed E-state index contributed by atoms with van der Waals surface area (Å²) in [5, 5.41) is 0. The Morgan fingerprint density at radius 3 is 2.80 bits per heavy atom. The van der Waals surface area contributed by atoms with Gasteiger partial charge in [0.05, 0.1) is 11.7 Å². The molecule has 2 rings (SSSR count). The van der Waals surface area contributed by atoms with Crippen LogP contribution in [0.4, 0.5) is 19.1 Å². The Labute approximate surface area is 114 Å². The molecule has 1 atom stereocenters. The SMILES string of the molecule is CC1(C)CN(c2nccc(C(F)(F)F)n2)CC(CN)O1. The van der Waals surface area contributed by atoms with Crippen molar-refractivity contribution in [1.29, 1.82) is 0 Å². The van der Waals surface area contributed by atoms with E-state index in [9.17, 15) is 13.2 Å². The van der Waals surface area contributed by atoms with Gasteiger partial charge in [0.25, 0.3) is 0 Å². The lowest BCUT2D eigenvalue weighted by Gasteiger charge is -2.42. The summed E-state index contributed by atoms with van der Waals surface area (Å²) in [7, 11) is 0. The van der Waals surface area contributed by atoms with Crippen LogP contribution in [0.2, 0.25) is 0 Å². The van der Waals surface area contributed by atoms with Gasteiger partial charge in [-0.1, -0.05) is 0 Å². The molecule has 0 saturated carbocycles. The summed E-state index contributed by atoms with van der Waals surface area (Å²) >= 11 is 0. The summed E-state index contributed by atoms with van der Waals surface area (Å²) in [6.45, 7) is 4.79. The standard InChI is InChI=1S/C12H17F3N4O/c1-11(2)7-19(6-8(5-16)20-11)10-17-4-3-9(18-10)12(13,14)15/h3-4,8H,5-7,16H2,1-2H3. The summed E-state index contributed by atoms with van der Waals surface area (Å²) in [4.78, 5) is 9.20. The molecule has 20 heavy (non-hydrogen) atoms. The number of nitrogens with two attached hydrogens (primary N) is 1. The van der Waals surface area contributed by atoms with Crippen LogP contribution in [-0.4, -0.2) is 41.3 Å². The van der Waals surface area contributed by atoms with Crippen molar-refractivity contribution in [3.8, 4) is 0 Å². The molecule has 1 saturated heterocycles. The Morgan fingerprint density at radius 2 is 2.20 bits per heavy atom. The Hall–Kier alpha value is -1.41. The molecule has 0 amide bonds. The van der Waals surface area contributed by atoms with Gasteiger partial charge < -0.3 is 15.4 Å². The van der Waals surface area contributed by atoms with Gasteiger partial charge >= 0.3 is 6.18 Å². The highest BCUT2D eigenvalue weighted by Crippen LogP contribution is 2.29. The second-order valence-electron chi connectivity index (χ2n) is 5.36. The van der Waals surface area contributed by atoms with Gasteiger partial charge in [-0.2, -0.15) is 13.2 Å². The molecule has 1 aliphatic rings. The molecule has 0 radical (unpaired) electrons. The van der Waals surface area contributed by atoms with Crippen molar-refractivity contribution in [1.82, 2.24) is 9.97 Å². The minimum absolute atomic E-state index is 0.0506. The first-order valence-corrected chi connectivity index (χ1v) is 6.24. The largest absolute Gasteiger partial charge is 0.433 e. The maximum atomic E-state index is 12.7. The third kappa shape index (κ3) is 3.37. The molecule has 1 aliphatic heterocycles. The van der Waals surface area contributed by atoms with E-state index in [1.807, 2.05) is 13.8 Å². The first kappa shape index (κ1) is 15.0. The molecule has 1 unspecified atom stereocenters. The Balaban J connectivity index is 2.26. The van der Waals surface area contributed by atoms with Gasteiger partial charge in [0.2, 0.25) is 5.95 Å². The highest BCUT2D eigenvalue weighted by atomic mass is 19.4. The maximum Gasteiger partial charge on any atom is 0.433 e. The minimum atomic E-state index is -4.48. The van der Waals surface area contributed by atoms with Gasteiger partial charge in [-0.15, -0.1) is 0 Å². The lowest BCUT2D eigenvalue weighted by Crippen LogP contribution is -2.55. The molecular weight excluding hydrogens is 273 g/mol. The molecule has 1 aromatic heterocycles. The third-order valence-corrected chi connectivity index (χ3v) is 2.96. The number of anilines is 1. The third-order valence-electron chi connectivity index (χ3n) is 2.96. The zero-order chi connectivity index (χ0) is 15.0. The second kappa shape index (κ2) is 5.17. The fourth-order valence-electron chi connectivity index (χ4n) is 2.23. The Kier molecular flexibility index (Phi) is 3.88. The molecule has 2 N–H and O–H groups in total. The van der Waals surface area contributed by atoms with Crippen LogP contribution >= 0.6 is 0 Å². The van der Waals surface area contributed by atoms with Crippen LogP contribution in [0.1, 0.15) is 19.5 Å². The maximum absolute atomic E-state index is 12.7. The number of ether oxygens (including phenoxy) is 1. The molecule has 0 aliphatic carbocycles. The quantitative estimate of drug-likeness (QED) is 0.893. The number of nitrogens with zero attached hydrogens (tertiary/aromatic N) is 3. The van der Waals surface area contributed by atoms with E-state index < -0.39 is 17.5 Å². The lowest BCUT2D eigenvalue weighted by atomic mass is 10.1. The molecule has 112 valence electrons. The number of halogens is 3. The van der Waals surface area contributed by atoms with E-state index in [2.05, 4.69) is 9.97 Å². The first-order valence-electron chi connectivity index (χ1n) is 6.24. The number of hydrogen-bond acceptors (Lipinski definition) is 5. The van der Waals surface area contributed by atoms with Crippen molar-refractivity contribution in [3.63, 3.8) is 0 Å². The van der Waals surface area contributed by atoms with Crippen LogP contribution in [0.3, 0.4) is 0 Å². The molecule has 2 heterocycles. The Morgan fingerprint density at radius 1 is 1.50 bits per heavy atom. The minimum Gasteiger partial charge on any atom is -0.367 e. The Bertz CT molecular complexity index is 478. The molecule has 5 nitrogen and oxygen atoms in total. The van der Waals surface area contributed by atoms with E-state index >= 15 is 0 Å². The van der Waals surface area contributed by atoms with Crippen molar-refractivity contribution >= 4 is 5.95 Å². The van der Waals surface area contributed by atoms with Crippen molar-refractivity contribution in [2.24, 2.45) is 5.73 Å². The van der Waals surface area contributed by atoms with Gasteiger partial charge in [-0.3, -0.25) is 0 Å². The average Bonchev–Trinajstić information content (AvgIpc) is 2.36. The van der Waals surface area contributed by atoms with E-state index in [-0.39, 0.29) is 12.1 Å². The average molecular weight is 290 g/mol. The van der Waals surface area contributed by atoms with Crippen LogP contribution in [0.5, 0.6) is 0 Å². The zero-order valence-electron chi connectivity index (χ0n) is 11.3. The highest BCUT2D eigenvalue weighted by Gasteiger charge is 2.36. The fraction of sp³-hybridized carbons (Fsp3) is 0.667. The van der Waals surface area contributed by atoms with Crippen LogP contribution in [-0.2, 0) is 10.9 Å². The van der Waals surface area contributed by atoms with Gasteiger partial charge in [0, 0.05) is 25.8 Å². The predicted molar refractivity (Wildman–Crippen MR) is 67.3 cm³/mol. The number of hydrogen-bond donors (Lipinski definition) is 1. The molecular formula is C12H17F3N4O. The summed E-state index contributed by atoms with van der Waals surface area (Å²) in [6.07, 6.45) is -3.62. The predicted octanol–water partition coefficient (Wildman–Crippen LogP) is 1.44. The van der Waals surface area contributed by atoms with Crippen LogP contribution in [0.25, 0.3) is 0 Å². The van der Waals surface area contributed by atoms with Crippen LogP contribution < -0.4 is 10.6 Å². The number of alkyl halides is 3. The van der Waals surface area contributed by atoms with Gasteiger partial charge in [-0.25, -0.2) is 9.97 Å². The topological polar surface area (TPSA) is 64.3 Å². The van der Waals surface area contributed by atoms with Gasteiger partial charge in [0.15, 0.2) is 0 Å². The smallest absolute Gasteiger partial charge is 0.367 e. The molecule has 1 aromatic rings. The van der Waals surface area contributed by atoms with Gasteiger partial charge in [0.1, 0.15) is 5.69 Å². The van der Waals surface area contributed by atoms with Crippen LogP contribution in [0.15, 0.2) is 12.3 Å². The van der Waals surface area contributed by atoms with E-state index in [1.54, 1.807) is 4.90 Å². The van der Waals surface area contributed by atoms with Gasteiger partial charge in [-0.05, 0) is 19.9 Å².